The third-order valence-corrected chi connectivity index (χ3v) is 2.25. The molecule has 1 amide bonds. The van der Waals surface area contributed by atoms with E-state index in [-0.39, 0.29) is 12.2 Å². The molecule has 0 heterocycles. The molecule has 0 aliphatic heterocycles. The smallest absolute Gasteiger partial charge is 0.219 e. The molecule has 0 aromatic heterocycles. The molecule has 1 aromatic rings. The summed E-state index contributed by atoms with van der Waals surface area (Å²) in [7, 11) is 0. The number of thiol groups is 1. The summed E-state index contributed by atoms with van der Waals surface area (Å²) in [5, 5.41) is 0. The zero-order valence-corrected chi connectivity index (χ0v) is 8.91. The number of carbonyl (C=O) groups excluding carboxylic acids is 2. The molecule has 0 saturated heterocycles. The minimum absolute atomic E-state index is 0.0583. The number of primary amides is 1. The third kappa shape index (κ3) is 3.38. The fourth-order valence-corrected chi connectivity index (χ4v) is 1.41. The van der Waals surface area contributed by atoms with Crippen molar-refractivity contribution in [1.82, 2.24) is 4.72 Å². The highest BCUT2D eigenvalue weighted by Crippen LogP contribution is 2.06. The van der Waals surface area contributed by atoms with Gasteiger partial charge >= 0.3 is 0 Å². The van der Waals surface area contributed by atoms with Gasteiger partial charge in [0.05, 0.1) is 6.04 Å². The van der Waals surface area contributed by atoms with Crippen molar-refractivity contribution < 1.29 is 9.59 Å². The zero-order valence-electron chi connectivity index (χ0n) is 8.01. The molecule has 0 aliphatic carbocycles. The average Bonchev–Trinajstić information content (AvgIpc) is 2.26. The van der Waals surface area contributed by atoms with Crippen LogP contribution in [0, 0.1) is 0 Å². The number of nitrogens with one attached hydrogen (secondary N) is 1. The predicted octanol–water partition coefficient (Wildman–Crippen LogP) is 0.548. The average molecular weight is 224 g/mol. The van der Waals surface area contributed by atoms with Crippen LogP contribution in [0.15, 0.2) is 30.3 Å². The standard InChI is InChI=1S/C10H12N2O2S/c11-9(13)6-8(12-15)10(14)7-4-2-1-3-5-7/h1-5,8,12,15H,6H2,(H2,11,13)/t8-/m0/s1. The molecule has 1 rings (SSSR count). The van der Waals surface area contributed by atoms with E-state index in [2.05, 4.69) is 17.5 Å². The van der Waals surface area contributed by atoms with Crippen LogP contribution in [0.4, 0.5) is 0 Å². The van der Waals surface area contributed by atoms with E-state index in [0.717, 1.165) is 0 Å². The molecule has 1 atom stereocenters. The molecular formula is C10H12N2O2S. The summed E-state index contributed by atoms with van der Waals surface area (Å²) >= 11 is 3.80. The molecule has 0 radical (unpaired) electrons. The van der Waals surface area contributed by atoms with Gasteiger partial charge in [-0.25, -0.2) is 0 Å². The van der Waals surface area contributed by atoms with Gasteiger partial charge in [-0.05, 0) is 0 Å². The van der Waals surface area contributed by atoms with Gasteiger partial charge in [-0.2, -0.15) is 0 Å². The lowest BCUT2D eigenvalue weighted by molar-refractivity contribution is -0.118. The van der Waals surface area contributed by atoms with Crippen LogP contribution in [0.2, 0.25) is 0 Å². The Hall–Kier alpha value is -1.33. The number of amides is 1. The maximum absolute atomic E-state index is 11.8. The number of hydrogen-bond acceptors (Lipinski definition) is 4. The van der Waals surface area contributed by atoms with Crippen LogP contribution in [0.5, 0.6) is 0 Å². The molecule has 1 aromatic carbocycles. The minimum atomic E-state index is -0.673. The summed E-state index contributed by atoms with van der Waals surface area (Å²) in [6.45, 7) is 0. The van der Waals surface area contributed by atoms with Crippen molar-refractivity contribution in [3.05, 3.63) is 35.9 Å². The Morgan fingerprint density at radius 3 is 2.40 bits per heavy atom. The molecule has 0 fully saturated rings. The van der Waals surface area contributed by atoms with Crippen LogP contribution >= 0.6 is 12.8 Å². The highest BCUT2D eigenvalue weighted by Gasteiger charge is 2.20. The number of benzene rings is 1. The first-order valence-corrected chi connectivity index (χ1v) is 4.87. The van der Waals surface area contributed by atoms with E-state index in [4.69, 9.17) is 5.73 Å². The van der Waals surface area contributed by atoms with Crippen LogP contribution < -0.4 is 10.5 Å². The molecule has 0 bridgehead atoms. The molecule has 0 unspecified atom stereocenters. The largest absolute Gasteiger partial charge is 0.370 e. The van der Waals surface area contributed by atoms with E-state index < -0.39 is 11.9 Å². The summed E-state index contributed by atoms with van der Waals surface area (Å²) in [4.78, 5) is 22.5. The molecule has 4 nitrogen and oxygen atoms in total. The third-order valence-electron chi connectivity index (χ3n) is 1.94. The van der Waals surface area contributed by atoms with Crippen molar-refractivity contribution in [2.75, 3.05) is 0 Å². The topological polar surface area (TPSA) is 72.2 Å². The van der Waals surface area contributed by atoms with Crippen LogP contribution in [-0.4, -0.2) is 17.7 Å². The van der Waals surface area contributed by atoms with Gasteiger partial charge < -0.3 is 5.73 Å². The maximum atomic E-state index is 11.8. The van der Waals surface area contributed by atoms with E-state index in [9.17, 15) is 9.59 Å². The molecule has 0 saturated carbocycles. The lowest BCUT2D eigenvalue weighted by Gasteiger charge is -2.11. The first-order valence-electron chi connectivity index (χ1n) is 4.42. The van der Waals surface area contributed by atoms with Gasteiger partial charge in [-0.1, -0.05) is 43.1 Å². The lowest BCUT2D eigenvalue weighted by atomic mass is 10.0. The van der Waals surface area contributed by atoms with Crippen molar-refractivity contribution in [3.63, 3.8) is 0 Å². The lowest BCUT2D eigenvalue weighted by Crippen LogP contribution is -2.35. The summed E-state index contributed by atoms with van der Waals surface area (Å²) in [6.07, 6.45) is -0.0583. The monoisotopic (exact) mass is 224 g/mol. The highest BCUT2D eigenvalue weighted by atomic mass is 32.1. The second-order valence-corrected chi connectivity index (χ2v) is 3.34. The normalized spacial score (nSPS) is 12.1. The Bertz CT molecular complexity index is 354. The molecule has 80 valence electrons. The first-order chi connectivity index (χ1) is 7.15. The Labute approximate surface area is 93.4 Å². The van der Waals surface area contributed by atoms with Gasteiger partial charge in [-0.3, -0.25) is 14.3 Å². The summed E-state index contributed by atoms with van der Waals surface area (Å²) in [5.74, 6) is -0.727. The number of carbonyl (C=O) groups is 2. The van der Waals surface area contributed by atoms with Crippen molar-refractivity contribution in [2.45, 2.75) is 12.5 Å². The number of ketones is 1. The van der Waals surface area contributed by atoms with E-state index >= 15 is 0 Å². The quantitative estimate of drug-likeness (QED) is 0.505. The molecule has 0 spiro atoms. The Morgan fingerprint density at radius 1 is 1.33 bits per heavy atom. The van der Waals surface area contributed by atoms with Crippen LogP contribution in [0.3, 0.4) is 0 Å². The zero-order chi connectivity index (χ0) is 11.3. The number of rotatable bonds is 5. The van der Waals surface area contributed by atoms with Crippen molar-refractivity contribution in [1.29, 1.82) is 0 Å². The molecule has 5 heteroatoms. The highest BCUT2D eigenvalue weighted by molar-refractivity contribution is 7.78. The van der Waals surface area contributed by atoms with Gasteiger partial charge in [0.2, 0.25) is 5.91 Å². The molecule has 15 heavy (non-hydrogen) atoms. The predicted molar refractivity (Wildman–Crippen MR) is 60.5 cm³/mol. The van der Waals surface area contributed by atoms with Crippen LogP contribution in [0.1, 0.15) is 16.8 Å². The summed E-state index contributed by atoms with van der Waals surface area (Å²) in [6, 6.07) is 8.02. The second-order valence-electron chi connectivity index (χ2n) is 3.08. The number of hydrogen-bond donors (Lipinski definition) is 3. The summed E-state index contributed by atoms with van der Waals surface area (Å²) < 4.78 is 2.48. The Morgan fingerprint density at radius 2 is 1.93 bits per heavy atom. The molecule has 0 aliphatic rings. The first kappa shape index (κ1) is 11.7. The van der Waals surface area contributed by atoms with E-state index in [1.807, 2.05) is 6.07 Å². The van der Waals surface area contributed by atoms with E-state index in [1.165, 1.54) is 0 Å². The van der Waals surface area contributed by atoms with Gasteiger partial charge in [0.15, 0.2) is 5.78 Å². The maximum Gasteiger partial charge on any atom is 0.219 e. The SMILES string of the molecule is NC(=O)C[C@H](NS)C(=O)c1ccccc1. The fourth-order valence-electron chi connectivity index (χ4n) is 1.20. The number of nitrogens with two attached hydrogens (primary N) is 1. The van der Waals surface area contributed by atoms with Crippen molar-refractivity contribution in [3.8, 4) is 0 Å². The van der Waals surface area contributed by atoms with E-state index in [1.54, 1.807) is 24.3 Å². The van der Waals surface area contributed by atoms with Gasteiger partial charge in [0, 0.05) is 12.0 Å². The van der Waals surface area contributed by atoms with Gasteiger partial charge in [0.25, 0.3) is 0 Å². The Kier molecular flexibility index (Phi) is 4.33. The van der Waals surface area contributed by atoms with Crippen LogP contribution in [-0.2, 0) is 4.79 Å². The molecule has 3 N–H and O–H groups in total. The molecular weight excluding hydrogens is 212 g/mol. The summed E-state index contributed by atoms with van der Waals surface area (Å²) in [5.41, 5.74) is 5.55. The number of Topliss-reactive ketones (excluding diaryl/α,β-unsaturated/α-hetero) is 1. The van der Waals surface area contributed by atoms with Crippen molar-refractivity contribution in [2.24, 2.45) is 5.73 Å². The van der Waals surface area contributed by atoms with Gasteiger partial charge in [-0.15, -0.1) is 0 Å². The fraction of sp³-hybridized carbons (Fsp3) is 0.200. The van der Waals surface area contributed by atoms with Crippen LogP contribution in [0.25, 0.3) is 0 Å². The minimum Gasteiger partial charge on any atom is -0.370 e. The second kappa shape index (κ2) is 5.53. The van der Waals surface area contributed by atoms with Gasteiger partial charge in [0.1, 0.15) is 0 Å². The van der Waals surface area contributed by atoms with Crippen molar-refractivity contribution >= 4 is 24.5 Å². The van der Waals surface area contributed by atoms with E-state index in [0.29, 0.717) is 5.56 Å². The Balaban J connectivity index is 2.78.